The van der Waals surface area contributed by atoms with E-state index >= 15 is 0 Å². The van der Waals surface area contributed by atoms with Gasteiger partial charge in [0.2, 0.25) is 0 Å². The van der Waals surface area contributed by atoms with Crippen LogP contribution in [0.1, 0.15) is 11.6 Å². The van der Waals surface area contributed by atoms with Gasteiger partial charge in [-0.15, -0.1) is 0 Å². The molecule has 0 spiro atoms. The van der Waals surface area contributed by atoms with Crippen LogP contribution in [0.5, 0.6) is 0 Å². The highest BCUT2D eigenvalue weighted by atomic mass is 16.3. The molecule has 4 heteroatoms. The van der Waals surface area contributed by atoms with Crippen LogP contribution in [0.25, 0.3) is 33.7 Å². The van der Waals surface area contributed by atoms with Crippen LogP contribution < -0.4 is 0 Å². The highest BCUT2D eigenvalue weighted by molar-refractivity contribution is 5.91. The predicted molar refractivity (Wildman–Crippen MR) is 85.8 cm³/mol. The third kappa shape index (κ3) is 2.05. The van der Waals surface area contributed by atoms with E-state index in [9.17, 15) is 5.26 Å². The Morgan fingerprint density at radius 1 is 1.14 bits per heavy atom. The number of hydrogen-bond acceptors (Lipinski definition) is 3. The molecule has 0 amide bonds. The first-order valence-electron chi connectivity index (χ1n) is 6.89. The molecule has 0 atom stereocenters. The maximum atomic E-state index is 9.42. The van der Waals surface area contributed by atoms with Crippen LogP contribution in [-0.2, 0) is 0 Å². The molecule has 0 bridgehead atoms. The van der Waals surface area contributed by atoms with Gasteiger partial charge in [0, 0.05) is 11.5 Å². The fourth-order valence-corrected chi connectivity index (χ4v) is 2.45. The summed E-state index contributed by atoms with van der Waals surface area (Å²) in [4.78, 5) is 7.60. The van der Waals surface area contributed by atoms with Crippen LogP contribution in [-0.4, -0.2) is 9.97 Å². The Hall–Kier alpha value is -3.32. The van der Waals surface area contributed by atoms with Crippen molar-refractivity contribution in [2.45, 2.75) is 0 Å². The molecule has 0 unspecified atom stereocenters. The van der Waals surface area contributed by atoms with Gasteiger partial charge in [-0.2, -0.15) is 5.26 Å². The van der Waals surface area contributed by atoms with Crippen molar-refractivity contribution in [2.75, 3.05) is 0 Å². The number of nitrogens with zero attached hydrogens (tertiary/aromatic N) is 2. The van der Waals surface area contributed by atoms with E-state index in [-0.39, 0.29) is 0 Å². The van der Waals surface area contributed by atoms with Crippen molar-refractivity contribution >= 4 is 33.7 Å². The average molecular weight is 285 g/mol. The van der Waals surface area contributed by atoms with E-state index in [4.69, 9.17) is 4.42 Å². The zero-order valence-corrected chi connectivity index (χ0v) is 11.6. The minimum atomic E-state index is 0.440. The van der Waals surface area contributed by atoms with Gasteiger partial charge in [-0.05, 0) is 24.3 Å². The molecule has 4 nitrogen and oxygen atoms in total. The smallest absolute Gasteiger partial charge is 0.149 e. The molecule has 0 radical (unpaired) electrons. The Morgan fingerprint density at radius 3 is 2.77 bits per heavy atom. The van der Waals surface area contributed by atoms with Crippen molar-refractivity contribution in [1.29, 1.82) is 5.26 Å². The van der Waals surface area contributed by atoms with Crippen LogP contribution in [0.4, 0.5) is 0 Å². The largest absolute Gasteiger partial charge is 0.457 e. The van der Waals surface area contributed by atoms with Gasteiger partial charge in [0.05, 0.1) is 16.6 Å². The summed E-state index contributed by atoms with van der Waals surface area (Å²) in [6, 6.07) is 19.5. The predicted octanol–water partition coefficient (Wildman–Crippen LogP) is 4.37. The van der Waals surface area contributed by atoms with E-state index in [0.717, 1.165) is 22.0 Å². The van der Waals surface area contributed by atoms with Crippen molar-refractivity contribution in [3.8, 4) is 6.07 Å². The second kappa shape index (κ2) is 4.90. The van der Waals surface area contributed by atoms with Crippen molar-refractivity contribution in [3.05, 3.63) is 66.2 Å². The van der Waals surface area contributed by atoms with Gasteiger partial charge in [0.1, 0.15) is 23.2 Å². The molecule has 2 heterocycles. The van der Waals surface area contributed by atoms with E-state index in [1.165, 1.54) is 0 Å². The first kappa shape index (κ1) is 12.4. The summed E-state index contributed by atoms with van der Waals surface area (Å²) >= 11 is 0. The summed E-state index contributed by atoms with van der Waals surface area (Å²) in [6.45, 7) is 0. The third-order valence-corrected chi connectivity index (χ3v) is 3.50. The Bertz CT molecular complexity index is 981. The van der Waals surface area contributed by atoms with Crippen molar-refractivity contribution in [1.82, 2.24) is 9.97 Å². The van der Waals surface area contributed by atoms with Crippen molar-refractivity contribution in [2.24, 2.45) is 0 Å². The van der Waals surface area contributed by atoms with Crippen molar-refractivity contribution in [3.63, 3.8) is 0 Å². The number of benzene rings is 2. The molecule has 0 saturated heterocycles. The fourth-order valence-electron chi connectivity index (χ4n) is 2.45. The first-order chi connectivity index (χ1) is 10.8. The quantitative estimate of drug-likeness (QED) is 0.556. The maximum Gasteiger partial charge on any atom is 0.149 e. The van der Waals surface area contributed by atoms with E-state index < -0.39 is 0 Å². The summed E-state index contributed by atoms with van der Waals surface area (Å²) in [7, 11) is 0. The highest BCUT2D eigenvalue weighted by Crippen LogP contribution is 2.23. The Kier molecular flexibility index (Phi) is 2.77. The number of para-hydroxylation sites is 3. The number of imidazole rings is 1. The van der Waals surface area contributed by atoms with Crippen LogP contribution in [0.2, 0.25) is 0 Å². The Balaban J connectivity index is 1.82. The topological polar surface area (TPSA) is 65.6 Å². The molecule has 22 heavy (non-hydrogen) atoms. The van der Waals surface area contributed by atoms with Gasteiger partial charge in [0.15, 0.2) is 0 Å². The molecule has 1 N–H and O–H groups in total. The molecular weight excluding hydrogens is 274 g/mol. The van der Waals surface area contributed by atoms with E-state index in [0.29, 0.717) is 17.2 Å². The molecule has 4 rings (SSSR count). The van der Waals surface area contributed by atoms with E-state index in [2.05, 4.69) is 16.0 Å². The number of rotatable bonds is 2. The lowest BCUT2D eigenvalue weighted by Crippen LogP contribution is -1.83. The monoisotopic (exact) mass is 285 g/mol. The fraction of sp³-hybridized carbons (Fsp3) is 0. The molecule has 104 valence electrons. The zero-order valence-electron chi connectivity index (χ0n) is 11.6. The molecule has 0 aliphatic carbocycles. The molecule has 0 saturated carbocycles. The normalized spacial score (nSPS) is 11.9. The molecule has 0 fully saturated rings. The number of nitriles is 1. The van der Waals surface area contributed by atoms with Gasteiger partial charge in [0.25, 0.3) is 0 Å². The average Bonchev–Trinajstić information content (AvgIpc) is 3.15. The Labute approximate surface area is 126 Å². The number of nitrogens with one attached hydrogen (secondary N) is 1. The number of H-pyrrole nitrogens is 1. The SMILES string of the molecule is N#CC(=Cc1cc2ccccc2o1)c1nc2ccccc2[nH]1. The van der Waals surface area contributed by atoms with E-state index in [1.54, 1.807) is 6.08 Å². The lowest BCUT2D eigenvalue weighted by Gasteiger charge is -1.91. The first-order valence-corrected chi connectivity index (χ1v) is 6.89. The number of hydrogen-bond donors (Lipinski definition) is 1. The summed E-state index contributed by atoms with van der Waals surface area (Å²) in [5.74, 6) is 1.18. The molecule has 2 aromatic carbocycles. The summed E-state index contributed by atoms with van der Waals surface area (Å²) in [5.41, 5.74) is 2.98. The Morgan fingerprint density at radius 2 is 1.95 bits per heavy atom. The minimum absolute atomic E-state index is 0.440. The van der Waals surface area contributed by atoms with Gasteiger partial charge in [-0.25, -0.2) is 4.98 Å². The number of furan rings is 1. The zero-order chi connectivity index (χ0) is 14.9. The van der Waals surface area contributed by atoms with E-state index in [1.807, 2.05) is 54.6 Å². The standard InChI is InChI=1S/C18H11N3O/c19-11-13(18-20-15-6-2-3-7-16(15)21-18)10-14-9-12-5-1-4-8-17(12)22-14/h1-10H,(H,20,21). The van der Waals surface area contributed by atoms with Gasteiger partial charge in [-0.3, -0.25) is 0 Å². The molecule has 0 aliphatic heterocycles. The summed E-state index contributed by atoms with van der Waals surface area (Å²) < 4.78 is 5.73. The molecule has 0 aliphatic rings. The molecule has 4 aromatic rings. The second-order valence-electron chi connectivity index (χ2n) is 4.96. The summed E-state index contributed by atoms with van der Waals surface area (Å²) in [5, 5.41) is 10.4. The van der Waals surface area contributed by atoms with Gasteiger partial charge >= 0.3 is 0 Å². The summed E-state index contributed by atoms with van der Waals surface area (Å²) in [6.07, 6.45) is 1.71. The number of fused-ring (bicyclic) bond motifs is 2. The highest BCUT2D eigenvalue weighted by Gasteiger charge is 2.09. The maximum absolute atomic E-state index is 9.42. The van der Waals surface area contributed by atoms with Gasteiger partial charge in [-0.1, -0.05) is 30.3 Å². The number of aromatic nitrogens is 2. The number of allylic oxidation sites excluding steroid dienone is 1. The van der Waals surface area contributed by atoms with Crippen LogP contribution in [0.15, 0.2) is 59.0 Å². The lowest BCUT2D eigenvalue weighted by molar-refractivity contribution is 0.604. The molecular formula is C18H11N3O. The lowest BCUT2D eigenvalue weighted by atomic mass is 10.2. The number of aromatic amines is 1. The second-order valence-corrected chi connectivity index (χ2v) is 4.96. The van der Waals surface area contributed by atoms with Gasteiger partial charge < -0.3 is 9.40 Å². The molecule has 2 aromatic heterocycles. The van der Waals surface area contributed by atoms with Crippen LogP contribution in [0, 0.1) is 11.3 Å². The van der Waals surface area contributed by atoms with Crippen molar-refractivity contribution < 1.29 is 4.42 Å². The minimum Gasteiger partial charge on any atom is -0.457 e. The third-order valence-electron chi connectivity index (χ3n) is 3.50. The van der Waals surface area contributed by atoms with Crippen LogP contribution in [0.3, 0.4) is 0 Å². The van der Waals surface area contributed by atoms with Crippen LogP contribution >= 0.6 is 0 Å².